The first-order valence-electron chi connectivity index (χ1n) is 8.96. The van der Waals surface area contributed by atoms with Crippen LogP contribution in [-0.2, 0) is 26.1 Å². The highest BCUT2D eigenvalue weighted by Gasteiger charge is 2.40. The highest BCUT2D eigenvalue weighted by Crippen LogP contribution is 2.29. The van der Waals surface area contributed by atoms with E-state index in [0.717, 1.165) is 38.1 Å². The standard InChI is InChI=1S/C15H23N3O3S.C2HF3O2/c1-22(19,20)17-14-11-18(9-12-4-2-6-16-8-12)10-13-5-3-7-21-15(13)14;3-2(4,5)1(6)7/h2,4,6,8,13-15,17H,3,5,7,9-11H2,1H3;(H,6,7)/t13-,14+,15-;/m0./s1. The molecule has 0 bridgehead atoms. The fraction of sp³-hybridized carbons (Fsp3) is 0.647. The second-order valence-electron chi connectivity index (χ2n) is 7.09. The Kier molecular flexibility index (Phi) is 7.97. The van der Waals surface area contributed by atoms with Crippen LogP contribution in [0.2, 0.25) is 0 Å². The van der Waals surface area contributed by atoms with Gasteiger partial charge >= 0.3 is 12.1 Å². The molecule has 0 amide bonds. The number of hydrogen-bond donors (Lipinski definition) is 2. The topological polar surface area (TPSA) is 109 Å². The van der Waals surface area contributed by atoms with Gasteiger partial charge in [-0.15, -0.1) is 0 Å². The van der Waals surface area contributed by atoms with E-state index in [9.17, 15) is 21.6 Å². The monoisotopic (exact) mass is 439 g/mol. The maximum atomic E-state index is 11.6. The predicted molar refractivity (Wildman–Crippen MR) is 97.4 cm³/mol. The molecule has 0 radical (unpaired) electrons. The van der Waals surface area contributed by atoms with Crippen LogP contribution in [-0.4, -0.2) is 73.7 Å². The average Bonchev–Trinajstić information content (AvgIpc) is 2.61. The van der Waals surface area contributed by atoms with Crippen molar-refractivity contribution in [1.82, 2.24) is 14.6 Å². The lowest BCUT2D eigenvalue weighted by Gasteiger charge is -2.45. The zero-order valence-corrected chi connectivity index (χ0v) is 16.6. The molecule has 29 heavy (non-hydrogen) atoms. The van der Waals surface area contributed by atoms with Crippen molar-refractivity contribution in [2.24, 2.45) is 5.92 Å². The minimum absolute atomic E-state index is 0.00590. The maximum absolute atomic E-state index is 11.6. The van der Waals surface area contributed by atoms with Crippen molar-refractivity contribution in [3.05, 3.63) is 30.1 Å². The van der Waals surface area contributed by atoms with E-state index >= 15 is 0 Å². The number of aliphatic carboxylic acids is 1. The molecule has 0 spiro atoms. The lowest BCUT2D eigenvalue weighted by atomic mass is 9.85. The van der Waals surface area contributed by atoms with Gasteiger partial charge in [0.2, 0.25) is 10.0 Å². The number of nitrogens with one attached hydrogen (secondary N) is 1. The van der Waals surface area contributed by atoms with E-state index in [1.54, 1.807) is 6.20 Å². The van der Waals surface area contributed by atoms with Crippen LogP contribution in [0, 0.1) is 5.92 Å². The minimum atomic E-state index is -5.08. The molecule has 2 N–H and O–H groups in total. The molecule has 2 aliphatic heterocycles. The Balaban J connectivity index is 0.000000370. The van der Waals surface area contributed by atoms with E-state index in [0.29, 0.717) is 12.5 Å². The van der Waals surface area contributed by atoms with Crippen LogP contribution in [0.5, 0.6) is 0 Å². The lowest BCUT2D eigenvalue weighted by molar-refractivity contribution is -0.192. The van der Waals surface area contributed by atoms with Gasteiger partial charge in [-0.3, -0.25) is 9.88 Å². The number of ether oxygens (including phenoxy) is 1. The number of nitrogens with zero attached hydrogens (tertiary/aromatic N) is 2. The largest absolute Gasteiger partial charge is 0.490 e. The van der Waals surface area contributed by atoms with Crippen molar-refractivity contribution < 1.29 is 36.2 Å². The molecule has 8 nitrogen and oxygen atoms in total. The number of carbonyl (C=O) groups is 1. The maximum Gasteiger partial charge on any atom is 0.490 e. The van der Waals surface area contributed by atoms with Crippen LogP contribution >= 0.6 is 0 Å². The van der Waals surface area contributed by atoms with Crippen molar-refractivity contribution in [1.29, 1.82) is 0 Å². The summed E-state index contributed by atoms with van der Waals surface area (Å²) in [5, 5.41) is 7.12. The summed E-state index contributed by atoms with van der Waals surface area (Å²) in [6.07, 6.45) is 1.89. The Morgan fingerprint density at radius 3 is 2.66 bits per heavy atom. The van der Waals surface area contributed by atoms with Crippen molar-refractivity contribution in [2.75, 3.05) is 26.0 Å². The lowest BCUT2D eigenvalue weighted by Crippen LogP contribution is -2.60. The molecule has 2 aliphatic rings. The number of pyridine rings is 1. The van der Waals surface area contributed by atoms with Gasteiger partial charge < -0.3 is 9.84 Å². The van der Waals surface area contributed by atoms with Gasteiger partial charge in [-0.05, 0) is 30.4 Å². The third-order valence-corrected chi connectivity index (χ3v) is 5.31. The molecule has 0 unspecified atom stereocenters. The Morgan fingerprint density at radius 2 is 2.10 bits per heavy atom. The summed E-state index contributed by atoms with van der Waals surface area (Å²) >= 11 is 0. The van der Waals surface area contributed by atoms with Gasteiger partial charge in [0.1, 0.15) is 0 Å². The van der Waals surface area contributed by atoms with Crippen molar-refractivity contribution in [2.45, 2.75) is 37.7 Å². The van der Waals surface area contributed by atoms with Gasteiger partial charge in [0.15, 0.2) is 0 Å². The average molecular weight is 439 g/mol. The molecule has 3 heterocycles. The molecule has 0 saturated carbocycles. The SMILES string of the molecule is CS(=O)(=O)N[C@@H]1CN(Cc2cccnc2)C[C@@H]2CCCO[C@@H]21.O=C(O)C(F)(F)F. The zero-order chi connectivity index (χ0) is 21.7. The Morgan fingerprint density at radius 1 is 1.41 bits per heavy atom. The van der Waals surface area contributed by atoms with Crippen molar-refractivity contribution >= 4 is 16.0 Å². The molecule has 1 aromatic rings. The van der Waals surface area contributed by atoms with E-state index in [2.05, 4.69) is 20.7 Å². The summed E-state index contributed by atoms with van der Waals surface area (Å²) in [6.45, 7) is 3.13. The predicted octanol–water partition coefficient (Wildman–Crippen LogP) is 1.24. The third-order valence-electron chi connectivity index (χ3n) is 4.58. The molecule has 3 atom stereocenters. The quantitative estimate of drug-likeness (QED) is 0.727. The number of rotatable bonds is 4. The molecule has 12 heteroatoms. The molecule has 3 rings (SSSR count). The first-order chi connectivity index (χ1) is 13.5. The second kappa shape index (κ2) is 9.83. The molecular formula is C17H24F3N3O5S. The Bertz CT molecular complexity index is 776. The van der Waals surface area contributed by atoms with Crippen LogP contribution in [0.3, 0.4) is 0 Å². The first kappa shape index (κ1) is 23.5. The van der Waals surface area contributed by atoms with Crippen LogP contribution in [0.25, 0.3) is 0 Å². The zero-order valence-electron chi connectivity index (χ0n) is 15.8. The third kappa shape index (κ3) is 7.88. The van der Waals surface area contributed by atoms with E-state index in [1.165, 1.54) is 6.26 Å². The molecule has 2 fully saturated rings. The molecule has 164 valence electrons. The number of halogens is 3. The Hall–Kier alpha value is -1.76. The van der Waals surface area contributed by atoms with E-state index < -0.39 is 22.2 Å². The van der Waals surface area contributed by atoms with Crippen LogP contribution in [0.4, 0.5) is 13.2 Å². The van der Waals surface area contributed by atoms with Crippen molar-refractivity contribution in [3.63, 3.8) is 0 Å². The molecular weight excluding hydrogens is 415 g/mol. The van der Waals surface area contributed by atoms with Gasteiger partial charge in [-0.2, -0.15) is 13.2 Å². The number of carboxylic acid groups (broad SMARTS) is 1. The van der Waals surface area contributed by atoms with Crippen LogP contribution in [0.15, 0.2) is 24.5 Å². The highest BCUT2D eigenvalue weighted by molar-refractivity contribution is 7.88. The normalized spacial score (nSPS) is 25.4. The Labute approximate surface area is 167 Å². The molecule has 1 aromatic heterocycles. The number of aromatic nitrogens is 1. The molecule has 0 aliphatic carbocycles. The highest BCUT2D eigenvalue weighted by atomic mass is 32.2. The number of alkyl halides is 3. The van der Waals surface area contributed by atoms with E-state index in [-0.39, 0.29) is 12.1 Å². The summed E-state index contributed by atoms with van der Waals surface area (Å²) in [5.41, 5.74) is 1.15. The van der Waals surface area contributed by atoms with Gasteiger partial charge in [0.05, 0.1) is 18.4 Å². The number of sulfonamides is 1. The number of carboxylic acids is 1. The fourth-order valence-electron chi connectivity index (χ4n) is 3.55. The number of piperidine rings is 1. The molecule has 2 saturated heterocycles. The number of fused-ring (bicyclic) bond motifs is 1. The smallest absolute Gasteiger partial charge is 0.475 e. The number of likely N-dealkylation sites (tertiary alicyclic amines) is 1. The van der Waals surface area contributed by atoms with Gasteiger partial charge in [0.25, 0.3) is 0 Å². The van der Waals surface area contributed by atoms with Crippen molar-refractivity contribution in [3.8, 4) is 0 Å². The summed E-state index contributed by atoms with van der Waals surface area (Å²) in [6, 6.07) is 3.80. The number of hydrogen-bond acceptors (Lipinski definition) is 6. The molecule has 0 aromatic carbocycles. The first-order valence-corrected chi connectivity index (χ1v) is 10.8. The van der Waals surface area contributed by atoms with E-state index in [1.807, 2.05) is 12.3 Å². The van der Waals surface area contributed by atoms with Gasteiger partial charge in [-0.1, -0.05) is 6.07 Å². The summed E-state index contributed by atoms with van der Waals surface area (Å²) in [5.74, 6) is -2.37. The minimum Gasteiger partial charge on any atom is -0.475 e. The summed E-state index contributed by atoms with van der Waals surface area (Å²) in [4.78, 5) is 15.3. The van der Waals surface area contributed by atoms with Gasteiger partial charge in [0, 0.05) is 38.6 Å². The fourth-order valence-corrected chi connectivity index (χ4v) is 4.31. The van der Waals surface area contributed by atoms with Crippen LogP contribution in [0.1, 0.15) is 18.4 Å². The van der Waals surface area contributed by atoms with Crippen LogP contribution < -0.4 is 4.72 Å². The van der Waals surface area contributed by atoms with Gasteiger partial charge in [-0.25, -0.2) is 17.9 Å². The van der Waals surface area contributed by atoms with E-state index in [4.69, 9.17) is 14.6 Å². The second-order valence-corrected chi connectivity index (χ2v) is 8.87. The summed E-state index contributed by atoms with van der Waals surface area (Å²) in [7, 11) is -3.24. The summed E-state index contributed by atoms with van der Waals surface area (Å²) < 4.78 is 63.7.